The van der Waals surface area contributed by atoms with Crippen LogP contribution < -0.4 is 15.8 Å². The summed E-state index contributed by atoms with van der Waals surface area (Å²) in [7, 11) is 0. The Kier molecular flexibility index (Phi) is 13.0. The predicted molar refractivity (Wildman–Crippen MR) is 136 cm³/mol. The highest BCUT2D eigenvalue weighted by atomic mass is 127. The SMILES string of the molecule is CC(C)I.CC(C)Nc1cc([N+](=O)[O-])ccc1OC(C)C.Nc1cc([N+](=O)[O-])ccc1O. The van der Waals surface area contributed by atoms with Crippen molar-refractivity contribution in [1.29, 1.82) is 0 Å². The first-order valence-electron chi connectivity index (χ1n) is 9.83. The largest absolute Gasteiger partial charge is 0.506 e. The van der Waals surface area contributed by atoms with Crippen LogP contribution in [-0.4, -0.2) is 31.0 Å². The van der Waals surface area contributed by atoms with E-state index in [1.165, 1.54) is 24.3 Å². The molecule has 0 saturated carbocycles. The number of anilines is 2. The molecule has 32 heavy (non-hydrogen) atoms. The Morgan fingerprint density at radius 3 is 1.84 bits per heavy atom. The second kappa shape index (κ2) is 14.3. The van der Waals surface area contributed by atoms with E-state index in [2.05, 4.69) is 41.8 Å². The van der Waals surface area contributed by atoms with Crippen molar-refractivity contribution in [2.24, 2.45) is 0 Å². The number of non-ortho nitro benzene ring substituents is 2. The maximum absolute atomic E-state index is 10.7. The van der Waals surface area contributed by atoms with Crippen LogP contribution in [0.4, 0.5) is 22.7 Å². The summed E-state index contributed by atoms with van der Waals surface area (Å²) in [5.74, 6) is 0.495. The van der Waals surface area contributed by atoms with Crippen molar-refractivity contribution in [2.45, 2.75) is 57.6 Å². The summed E-state index contributed by atoms with van der Waals surface area (Å²) in [5.41, 5.74) is 5.81. The molecule has 2 aromatic rings. The number of ether oxygens (including phenoxy) is 1. The van der Waals surface area contributed by atoms with Gasteiger partial charge in [0.1, 0.15) is 11.5 Å². The third-order valence-electron chi connectivity index (χ3n) is 3.20. The molecular formula is C21H31IN4O6. The molecule has 0 bridgehead atoms. The fraction of sp³-hybridized carbons (Fsp3) is 0.429. The van der Waals surface area contributed by atoms with Crippen molar-refractivity contribution in [2.75, 3.05) is 11.1 Å². The number of nitro benzene ring substituents is 2. The van der Waals surface area contributed by atoms with Crippen LogP contribution in [0.3, 0.4) is 0 Å². The Balaban J connectivity index is 0.000000547. The van der Waals surface area contributed by atoms with Gasteiger partial charge in [0, 0.05) is 34.2 Å². The molecule has 0 spiro atoms. The molecule has 0 atom stereocenters. The number of nitrogen functional groups attached to an aromatic ring is 1. The van der Waals surface area contributed by atoms with Crippen LogP contribution in [0, 0.1) is 20.2 Å². The molecule has 10 nitrogen and oxygen atoms in total. The van der Waals surface area contributed by atoms with Crippen LogP contribution in [-0.2, 0) is 0 Å². The minimum Gasteiger partial charge on any atom is -0.506 e. The van der Waals surface area contributed by atoms with Crippen molar-refractivity contribution in [3.05, 3.63) is 56.6 Å². The quantitative estimate of drug-likeness (QED) is 0.0980. The first kappa shape index (κ1) is 29.2. The monoisotopic (exact) mass is 562 g/mol. The number of hydrogen-bond acceptors (Lipinski definition) is 8. The van der Waals surface area contributed by atoms with Crippen molar-refractivity contribution in [3.63, 3.8) is 0 Å². The molecule has 178 valence electrons. The molecule has 2 rings (SSSR count). The van der Waals surface area contributed by atoms with Gasteiger partial charge in [-0.2, -0.15) is 0 Å². The molecule has 2 aromatic carbocycles. The third kappa shape index (κ3) is 12.1. The van der Waals surface area contributed by atoms with Gasteiger partial charge in [0.05, 0.1) is 27.3 Å². The molecule has 0 amide bonds. The van der Waals surface area contributed by atoms with Gasteiger partial charge in [0.15, 0.2) is 0 Å². The lowest BCUT2D eigenvalue weighted by molar-refractivity contribution is -0.385. The molecular weight excluding hydrogens is 531 g/mol. The van der Waals surface area contributed by atoms with Crippen LogP contribution in [0.1, 0.15) is 41.5 Å². The minimum absolute atomic E-state index is 0.0131. The van der Waals surface area contributed by atoms with E-state index in [4.69, 9.17) is 15.6 Å². The highest BCUT2D eigenvalue weighted by Crippen LogP contribution is 2.30. The van der Waals surface area contributed by atoms with Gasteiger partial charge >= 0.3 is 0 Å². The minimum atomic E-state index is -0.574. The zero-order chi connectivity index (χ0) is 25.0. The van der Waals surface area contributed by atoms with E-state index in [0.717, 1.165) is 9.99 Å². The van der Waals surface area contributed by atoms with E-state index in [1.54, 1.807) is 6.07 Å². The van der Waals surface area contributed by atoms with Crippen molar-refractivity contribution >= 4 is 45.3 Å². The van der Waals surface area contributed by atoms with Gasteiger partial charge in [-0.25, -0.2) is 0 Å². The lowest BCUT2D eigenvalue weighted by atomic mass is 10.2. The fourth-order valence-electron chi connectivity index (χ4n) is 2.07. The number of nitrogens with zero attached hydrogens (tertiary/aromatic N) is 2. The summed E-state index contributed by atoms with van der Waals surface area (Å²) in [6.07, 6.45) is 0.0316. The maximum Gasteiger partial charge on any atom is 0.271 e. The smallest absolute Gasteiger partial charge is 0.271 e. The van der Waals surface area contributed by atoms with Gasteiger partial charge in [-0.15, -0.1) is 0 Å². The first-order chi connectivity index (χ1) is 14.7. The van der Waals surface area contributed by atoms with Crippen LogP contribution in [0.5, 0.6) is 11.5 Å². The second-order valence-corrected chi connectivity index (χ2v) is 9.91. The standard InChI is InChI=1S/C12H18N2O3.C6H6N2O3.C3H7I/c1-8(2)13-11-7-10(14(15)16)5-6-12(11)17-9(3)4;7-5-3-4(8(10)11)1-2-6(5)9;1-3(2)4/h5-9,13H,1-4H3;1-3,9H,7H2;3H,1-2H3. The molecule has 0 fully saturated rings. The van der Waals surface area contributed by atoms with Gasteiger partial charge in [-0.3, -0.25) is 20.2 Å². The number of rotatable bonds is 6. The lowest BCUT2D eigenvalue weighted by Gasteiger charge is -2.17. The summed E-state index contributed by atoms with van der Waals surface area (Å²) < 4.78 is 6.40. The Labute approximate surface area is 201 Å². The third-order valence-corrected chi connectivity index (χ3v) is 3.20. The summed E-state index contributed by atoms with van der Waals surface area (Å²) in [4.78, 5) is 19.9. The fourth-order valence-corrected chi connectivity index (χ4v) is 2.07. The number of hydrogen-bond donors (Lipinski definition) is 3. The predicted octanol–water partition coefficient (Wildman–Crippen LogP) is 5.91. The molecule has 0 aliphatic heterocycles. The number of phenols is 1. The van der Waals surface area contributed by atoms with E-state index in [-0.39, 0.29) is 35.0 Å². The Morgan fingerprint density at radius 1 is 0.969 bits per heavy atom. The first-order valence-corrected chi connectivity index (χ1v) is 11.1. The van der Waals surface area contributed by atoms with Crippen LogP contribution in [0.15, 0.2) is 36.4 Å². The summed E-state index contributed by atoms with van der Waals surface area (Å²) in [5, 5.41) is 32.9. The number of halogens is 1. The van der Waals surface area contributed by atoms with E-state index in [0.29, 0.717) is 11.4 Å². The molecule has 0 unspecified atom stereocenters. The Bertz CT molecular complexity index is 888. The topological polar surface area (TPSA) is 154 Å². The number of nitrogens with two attached hydrogens (primary N) is 1. The average Bonchev–Trinajstić information content (AvgIpc) is 2.64. The molecule has 4 N–H and O–H groups in total. The van der Waals surface area contributed by atoms with E-state index >= 15 is 0 Å². The Morgan fingerprint density at radius 2 is 1.44 bits per heavy atom. The molecule has 11 heteroatoms. The second-order valence-electron chi connectivity index (χ2n) is 7.42. The van der Waals surface area contributed by atoms with Gasteiger partial charge in [-0.1, -0.05) is 36.4 Å². The number of aromatic hydroxyl groups is 1. The lowest BCUT2D eigenvalue weighted by Crippen LogP contribution is -2.13. The highest BCUT2D eigenvalue weighted by Gasteiger charge is 2.13. The number of nitro groups is 2. The summed E-state index contributed by atoms with van der Waals surface area (Å²) >= 11 is 2.34. The van der Waals surface area contributed by atoms with Crippen molar-refractivity contribution in [1.82, 2.24) is 0 Å². The van der Waals surface area contributed by atoms with E-state index < -0.39 is 9.85 Å². The molecule has 0 aliphatic rings. The zero-order valence-electron chi connectivity index (χ0n) is 19.0. The van der Waals surface area contributed by atoms with Gasteiger partial charge in [0.2, 0.25) is 0 Å². The molecule has 0 radical (unpaired) electrons. The van der Waals surface area contributed by atoms with Gasteiger partial charge in [-0.05, 0) is 39.8 Å². The van der Waals surface area contributed by atoms with Gasteiger partial charge in [0.25, 0.3) is 11.4 Å². The maximum atomic E-state index is 10.7. The summed E-state index contributed by atoms with van der Waals surface area (Å²) in [6, 6.07) is 8.24. The normalized spacial score (nSPS) is 10.1. The molecule has 0 aliphatic carbocycles. The number of benzene rings is 2. The van der Waals surface area contributed by atoms with E-state index in [9.17, 15) is 20.2 Å². The van der Waals surface area contributed by atoms with E-state index in [1.807, 2.05) is 27.7 Å². The summed E-state index contributed by atoms with van der Waals surface area (Å²) in [6.45, 7) is 12.1. The van der Waals surface area contributed by atoms with Gasteiger partial charge < -0.3 is 20.9 Å². The molecule has 0 saturated heterocycles. The van der Waals surface area contributed by atoms with Crippen molar-refractivity contribution in [3.8, 4) is 11.5 Å². The number of phenolic OH excluding ortho intramolecular Hbond substituents is 1. The number of nitrogens with one attached hydrogen (secondary N) is 1. The van der Waals surface area contributed by atoms with Crippen LogP contribution in [0.25, 0.3) is 0 Å². The highest BCUT2D eigenvalue weighted by molar-refractivity contribution is 14.1. The number of alkyl halides is 1. The van der Waals surface area contributed by atoms with Crippen LogP contribution >= 0.6 is 22.6 Å². The molecule has 0 aromatic heterocycles. The molecule has 0 heterocycles. The zero-order valence-corrected chi connectivity index (χ0v) is 21.2. The average molecular weight is 562 g/mol. The van der Waals surface area contributed by atoms with Crippen LogP contribution in [0.2, 0.25) is 0 Å². The Hall–Kier alpha value is -2.83. The van der Waals surface area contributed by atoms with Crippen molar-refractivity contribution < 1.29 is 19.7 Å².